The van der Waals surface area contributed by atoms with Crippen molar-refractivity contribution in [1.29, 1.82) is 0 Å². The third-order valence-corrected chi connectivity index (χ3v) is 3.96. The lowest BCUT2D eigenvalue weighted by molar-refractivity contribution is -0.0949. The zero-order chi connectivity index (χ0) is 17.3. The number of halogens is 1. The minimum atomic E-state index is -1.02. The Morgan fingerprint density at radius 2 is 1.96 bits per heavy atom. The molecule has 6 heteroatoms. The molecular formula is C17H24ClNO4. The van der Waals surface area contributed by atoms with Crippen LogP contribution in [-0.2, 0) is 4.74 Å². The quantitative estimate of drug-likeness (QED) is 0.894. The van der Waals surface area contributed by atoms with Crippen LogP contribution in [0.2, 0.25) is 5.02 Å². The molecule has 0 radical (unpaired) electrons. The first-order chi connectivity index (χ1) is 10.6. The van der Waals surface area contributed by atoms with Gasteiger partial charge in [-0.1, -0.05) is 11.6 Å². The molecule has 1 fully saturated rings. The number of nitrogens with zero attached hydrogens (tertiary/aromatic N) is 1. The topological polar surface area (TPSA) is 59.0 Å². The lowest BCUT2D eigenvalue weighted by Gasteiger charge is -2.42. The summed E-state index contributed by atoms with van der Waals surface area (Å²) in [5, 5.41) is 11.2. The third-order valence-electron chi connectivity index (χ3n) is 3.71. The molecule has 1 heterocycles. The van der Waals surface area contributed by atoms with E-state index in [-0.39, 0.29) is 6.54 Å². The molecule has 0 spiro atoms. The van der Waals surface area contributed by atoms with Gasteiger partial charge in [0.05, 0.1) is 6.54 Å². The van der Waals surface area contributed by atoms with Gasteiger partial charge in [0.15, 0.2) is 0 Å². The highest BCUT2D eigenvalue weighted by atomic mass is 35.5. The van der Waals surface area contributed by atoms with Crippen molar-refractivity contribution < 1.29 is 19.4 Å². The van der Waals surface area contributed by atoms with E-state index in [1.807, 2.05) is 20.8 Å². The minimum absolute atomic E-state index is 0.268. The van der Waals surface area contributed by atoms with Crippen molar-refractivity contribution in [2.75, 3.05) is 13.1 Å². The van der Waals surface area contributed by atoms with Crippen LogP contribution >= 0.6 is 11.6 Å². The molecule has 0 saturated carbocycles. The Bertz CT molecular complexity index is 551. The van der Waals surface area contributed by atoms with E-state index in [9.17, 15) is 9.90 Å². The largest absolute Gasteiger partial charge is 0.486 e. The van der Waals surface area contributed by atoms with Crippen molar-refractivity contribution in [2.45, 2.75) is 51.4 Å². The fraction of sp³-hybridized carbons (Fsp3) is 0.588. The van der Waals surface area contributed by atoms with Crippen molar-refractivity contribution in [2.24, 2.45) is 0 Å². The van der Waals surface area contributed by atoms with Gasteiger partial charge in [0.1, 0.15) is 23.1 Å². The Labute approximate surface area is 142 Å². The van der Waals surface area contributed by atoms with E-state index >= 15 is 0 Å². The second-order valence-electron chi connectivity index (χ2n) is 7.09. The number of benzene rings is 1. The van der Waals surface area contributed by atoms with E-state index in [4.69, 9.17) is 21.1 Å². The van der Waals surface area contributed by atoms with Crippen molar-refractivity contribution in [3.63, 3.8) is 0 Å². The number of amides is 1. The Hall–Kier alpha value is -1.46. The van der Waals surface area contributed by atoms with E-state index in [0.717, 1.165) is 0 Å². The van der Waals surface area contributed by atoms with Gasteiger partial charge in [-0.3, -0.25) is 0 Å². The summed E-state index contributed by atoms with van der Waals surface area (Å²) in [6.45, 7) is 7.90. The molecule has 0 aliphatic carbocycles. The number of carbonyl (C=O) groups excluding carboxylic acids is 1. The van der Waals surface area contributed by atoms with Crippen molar-refractivity contribution in [3.8, 4) is 5.75 Å². The maximum Gasteiger partial charge on any atom is 0.410 e. The van der Waals surface area contributed by atoms with Gasteiger partial charge in [0.2, 0.25) is 0 Å². The highest BCUT2D eigenvalue weighted by molar-refractivity contribution is 6.30. The fourth-order valence-corrected chi connectivity index (χ4v) is 2.47. The molecule has 1 N–H and O–H groups in total. The molecule has 0 unspecified atom stereocenters. The number of hydrogen-bond donors (Lipinski definition) is 1. The Balaban J connectivity index is 2.07. The molecule has 0 aromatic heterocycles. The van der Waals surface area contributed by atoms with Crippen LogP contribution in [0.3, 0.4) is 0 Å². The van der Waals surface area contributed by atoms with Gasteiger partial charge in [-0.2, -0.15) is 0 Å². The molecule has 1 aromatic carbocycles. The zero-order valence-electron chi connectivity index (χ0n) is 14.0. The maximum absolute atomic E-state index is 12.2. The van der Waals surface area contributed by atoms with Crippen LogP contribution in [0.5, 0.6) is 5.75 Å². The maximum atomic E-state index is 12.2. The molecule has 2 atom stereocenters. The van der Waals surface area contributed by atoms with E-state index in [1.165, 1.54) is 0 Å². The van der Waals surface area contributed by atoms with Gasteiger partial charge in [0.25, 0.3) is 0 Å². The summed E-state index contributed by atoms with van der Waals surface area (Å²) in [4.78, 5) is 13.8. The number of piperidine rings is 1. The molecular weight excluding hydrogens is 318 g/mol. The number of carbonyl (C=O) groups is 1. The van der Waals surface area contributed by atoms with Gasteiger partial charge < -0.3 is 19.5 Å². The predicted octanol–water partition coefficient (Wildman–Crippen LogP) is 3.48. The van der Waals surface area contributed by atoms with Crippen LogP contribution in [0.1, 0.15) is 34.1 Å². The van der Waals surface area contributed by atoms with Crippen LogP contribution in [0.4, 0.5) is 4.79 Å². The smallest absolute Gasteiger partial charge is 0.410 e. The monoisotopic (exact) mass is 341 g/mol. The molecule has 1 aliphatic heterocycles. The lowest BCUT2D eigenvalue weighted by Crippen LogP contribution is -2.58. The van der Waals surface area contributed by atoms with Crippen LogP contribution in [0.15, 0.2) is 24.3 Å². The molecule has 5 nitrogen and oxygen atoms in total. The van der Waals surface area contributed by atoms with E-state index in [0.29, 0.717) is 23.7 Å². The number of ether oxygens (including phenoxy) is 2. The van der Waals surface area contributed by atoms with Crippen LogP contribution in [-0.4, -0.2) is 46.5 Å². The van der Waals surface area contributed by atoms with Gasteiger partial charge in [0, 0.05) is 11.6 Å². The van der Waals surface area contributed by atoms with Gasteiger partial charge in [-0.15, -0.1) is 0 Å². The minimum Gasteiger partial charge on any atom is -0.486 e. The molecule has 1 aliphatic rings. The molecule has 0 bridgehead atoms. The van der Waals surface area contributed by atoms with E-state index in [2.05, 4.69) is 0 Å². The van der Waals surface area contributed by atoms with Crippen molar-refractivity contribution in [3.05, 3.63) is 29.3 Å². The SMILES string of the molecule is CC(C)(C)OC(=O)N1CC[C@@](C)(O)[C@H](Oc2ccc(Cl)cc2)C1. The Kier molecular flexibility index (Phi) is 5.11. The third kappa shape index (κ3) is 5.01. The van der Waals surface area contributed by atoms with E-state index in [1.54, 1.807) is 36.1 Å². The summed E-state index contributed by atoms with van der Waals surface area (Å²) >= 11 is 5.86. The summed E-state index contributed by atoms with van der Waals surface area (Å²) in [5.74, 6) is 0.603. The molecule has 1 amide bonds. The number of hydrogen-bond acceptors (Lipinski definition) is 4. The summed E-state index contributed by atoms with van der Waals surface area (Å²) in [5.41, 5.74) is -1.57. The number of likely N-dealkylation sites (tertiary alicyclic amines) is 1. The zero-order valence-corrected chi connectivity index (χ0v) is 14.8. The number of aliphatic hydroxyl groups is 1. The normalized spacial score (nSPS) is 25.1. The number of rotatable bonds is 2. The Morgan fingerprint density at radius 1 is 1.35 bits per heavy atom. The molecule has 1 aromatic rings. The van der Waals surface area contributed by atoms with Crippen molar-refractivity contribution >= 4 is 17.7 Å². The molecule has 1 saturated heterocycles. The summed E-state index contributed by atoms with van der Waals surface area (Å²) in [7, 11) is 0. The standard InChI is InChI=1S/C17H24ClNO4/c1-16(2,3)23-15(20)19-10-9-17(4,21)14(11-19)22-13-7-5-12(18)6-8-13/h5-8,14,21H,9-11H2,1-4H3/t14-,17-/m1/s1. The summed E-state index contributed by atoms with van der Waals surface area (Å²) < 4.78 is 11.3. The fourth-order valence-electron chi connectivity index (χ4n) is 2.34. The van der Waals surface area contributed by atoms with Crippen LogP contribution in [0, 0.1) is 0 Å². The molecule has 2 rings (SSSR count). The second kappa shape index (κ2) is 6.57. The first-order valence-corrected chi connectivity index (χ1v) is 8.07. The summed E-state index contributed by atoms with van der Waals surface area (Å²) in [6.07, 6.45) is -0.507. The van der Waals surface area contributed by atoms with E-state index < -0.39 is 23.4 Å². The van der Waals surface area contributed by atoms with Gasteiger partial charge >= 0.3 is 6.09 Å². The predicted molar refractivity (Wildman–Crippen MR) is 88.9 cm³/mol. The van der Waals surface area contributed by atoms with Crippen LogP contribution in [0.25, 0.3) is 0 Å². The second-order valence-corrected chi connectivity index (χ2v) is 7.53. The average Bonchev–Trinajstić information content (AvgIpc) is 2.41. The lowest BCUT2D eigenvalue weighted by atomic mass is 9.90. The molecule has 23 heavy (non-hydrogen) atoms. The van der Waals surface area contributed by atoms with Gasteiger partial charge in [-0.05, 0) is 58.4 Å². The Morgan fingerprint density at radius 3 is 2.52 bits per heavy atom. The highest BCUT2D eigenvalue weighted by Gasteiger charge is 2.41. The van der Waals surface area contributed by atoms with Crippen LogP contribution < -0.4 is 4.74 Å². The van der Waals surface area contributed by atoms with Crippen molar-refractivity contribution in [1.82, 2.24) is 4.90 Å². The first kappa shape index (κ1) is 17.9. The first-order valence-electron chi connectivity index (χ1n) is 7.69. The van der Waals surface area contributed by atoms with Gasteiger partial charge in [-0.25, -0.2) is 4.79 Å². The summed E-state index contributed by atoms with van der Waals surface area (Å²) in [6, 6.07) is 6.93. The molecule has 128 valence electrons. The highest BCUT2D eigenvalue weighted by Crippen LogP contribution is 2.28. The average molecular weight is 342 g/mol.